The molecular weight excluding hydrogens is 452 g/mol. The number of methoxy groups -OCH3 is 1. The molecule has 2 aromatic rings. The van der Waals surface area contributed by atoms with Crippen molar-refractivity contribution in [2.75, 3.05) is 33.3 Å². The van der Waals surface area contributed by atoms with Gasteiger partial charge in [0, 0.05) is 59.2 Å². The molecule has 3 N–H and O–H groups in total. The van der Waals surface area contributed by atoms with Crippen LogP contribution in [0.3, 0.4) is 0 Å². The van der Waals surface area contributed by atoms with E-state index >= 15 is 0 Å². The summed E-state index contributed by atoms with van der Waals surface area (Å²) in [6.07, 6.45) is 2.13. The van der Waals surface area contributed by atoms with Crippen LogP contribution in [-0.2, 0) is 16.0 Å². The molecule has 7 nitrogen and oxygen atoms in total. The van der Waals surface area contributed by atoms with E-state index in [1.54, 1.807) is 7.11 Å². The zero-order valence-electron chi connectivity index (χ0n) is 17.6. The van der Waals surface area contributed by atoms with Gasteiger partial charge in [-0.15, -0.1) is 0 Å². The Morgan fingerprint density at radius 2 is 1.78 bits per heavy atom. The van der Waals surface area contributed by atoms with Gasteiger partial charge in [0.2, 0.25) is 0 Å². The number of halogens is 1. The monoisotopic (exact) mass is 476 g/mol. The van der Waals surface area contributed by atoms with Gasteiger partial charge in [-0.2, -0.15) is 0 Å². The molecule has 0 bridgehead atoms. The maximum absolute atomic E-state index is 9.55. The molecule has 170 valence electrons. The molecule has 32 heavy (non-hydrogen) atoms. The highest BCUT2D eigenvalue weighted by atomic mass is 35.5. The molecule has 2 aliphatic heterocycles. The van der Waals surface area contributed by atoms with Gasteiger partial charge in [-0.3, -0.25) is 4.90 Å². The number of nitrogens with zero attached hydrogens (tertiary/aromatic N) is 1. The second-order valence-electron chi connectivity index (χ2n) is 7.27. The average Bonchev–Trinajstić information content (AvgIpc) is 2.94. The second-order valence-corrected chi connectivity index (χ2v) is 8.79. The standard InChI is InChI=1S/C19H21ClN2OS.C4H4O4/c1-23-15-4-2-13-10-17(22-8-6-21-7-9-22)16-11-14(20)3-5-18(16)24-19(13)12-15;5-3(6)1-2-4(7)8/h2-5,11-12,17,21H,6-10H2,1H3;1-2H,(H,5,6)(H,7,8)/b;2-1+. The molecule has 9 heteroatoms. The lowest BCUT2D eigenvalue weighted by Gasteiger charge is -2.35. The molecule has 1 unspecified atom stereocenters. The van der Waals surface area contributed by atoms with Crippen LogP contribution in [0.1, 0.15) is 17.2 Å². The van der Waals surface area contributed by atoms with Crippen LogP contribution in [-0.4, -0.2) is 60.3 Å². The van der Waals surface area contributed by atoms with Crippen LogP contribution in [0.2, 0.25) is 5.02 Å². The van der Waals surface area contributed by atoms with E-state index in [1.807, 2.05) is 17.8 Å². The van der Waals surface area contributed by atoms with Crippen LogP contribution in [0.4, 0.5) is 0 Å². The number of hydrogen-bond donors (Lipinski definition) is 3. The first-order valence-corrected chi connectivity index (χ1v) is 11.3. The first-order valence-electron chi connectivity index (χ1n) is 10.1. The van der Waals surface area contributed by atoms with E-state index in [2.05, 4.69) is 40.5 Å². The van der Waals surface area contributed by atoms with Gasteiger partial charge in [0.1, 0.15) is 5.75 Å². The van der Waals surface area contributed by atoms with Crippen molar-refractivity contribution in [3.05, 3.63) is 64.7 Å². The maximum atomic E-state index is 9.55. The zero-order valence-corrected chi connectivity index (χ0v) is 19.2. The minimum Gasteiger partial charge on any atom is -0.497 e. The molecular formula is C23H25ClN2O5S. The van der Waals surface area contributed by atoms with Crippen molar-refractivity contribution in [1.29, 1.82) is 0 Å². The van der Waals surface area contributed by atoms with E-state index in [9.17, 15) is 9.59 Å². The van der Waals surface area contributed by atoms with Crippen molar-refractivity contribution in [3.63, 3.8) is 0 Å². The van der Waals surface area contributed by atoms with Gasteiger partial charge in [-0.1, -0.05) is 29.4 Å². The minimum atomic E-state index is -1.26. The Balaban J connectivity index is 0.000000312. The summed E-state index contributed by atoms with van der Waals surface area (Å²) < 4.78 is 5.42. The fourth-order valence-corrected chi connectivity index (χ4v) is 5.02. The van der Waals surface area contributed by atoms with Crippen LogP contribution >= 0.6 is 23.4 Å². The molecule has 1 saturated heterocycles. The van der Waals surface area contributed by atoms with E-state index in [0.717, 1.165) is 43.4 Å². The van der Waals surface area contributed by atoms with Gasteiger partial charge in [0.25, 0.3) is 0 Å². The number of aliphatic carboxylic acids is 2. The molecule has 2 aromatic carbocycles. The van der Waals surface area contributed by atoms with E-state index in [1.165, 1.54) is 20.9 Å². The molecule has 1 fully saturated rings. The predicted molar refractivity (Wildman–Crippen MR) is 124 cm³/mol. The van der Waals surface area contributed by atoms with Crippen molar-refractivity contribution in [1.82, 2.24) is 10.2 Å². The third kappa shape index (κ3) is 6.49. The molecule has 0 radical (unpaired) electrons. The van der Waals surface area contributed by atoms with Gasteiger partial charge >= 0.3 is 11.9 Å². The lowest BCUT2D eigenvalue weighted by molar-refractivity contribution is -0.134. The summed E-state index contributed by atoms with van der Waals surface area (Å²) in [7, 11) is 1.72. The van der Waals surface area contributed by atoms with Crippen molar-refractivity contribution in [2.24, 2.45) is 0 Å². The molecule has 0 amide bonds. The minimum absolute atomic E-state index is 0.378. The van der Waals surface area contributed by atoms with Crippen LogP contribution in [0.25, 0.3) is 0 Å². The SMILES string of the molecule is COc1ccc2c(c1)Sc1ccc(Cl)cc1C(N1CCNCC1)C2.O=C(O)/C=C/C(=O)O. The Labute approximate surface area is 196 Å². The third-order valence-electron chi connectivity index (χ3n) is 5.20. The van der Waals surface area contributed by atoms with E-state index in [0.29, 0.717) is 18.2 Å². The molecule has 2 aliphatic rings. The lowest BCUT2D eigenvalue weighted by atomic mass is 9.96. The van der Waals surface area contributed by atoms with Gasteiger partial charge in [0.15, 0.2) is 0 Å². The average molecular weight is 477 g/mol. The summed E-state index contributed by atoms with van der Waals surface area (Å²) in [5, 5.41) is 19.9. The Kier molecular flexibility index (Phi) is 8.58. The molecule has 2 heterocycles. The number of carboxylic acid groups (broad SMARTS) is 2. The van der Waals surface area contributed by atoms with Crippen LogP contribution in [0, 0.1) is 0 Å². The highest BCUT2D eigenvalue weighted by Crippen LogP contribution is 2.44. The zero-order chi connectivity index (χ0) is 23.1. The number of hydrogen-bond acceptors (Lipinski definition) is 6. The first-order chi connectivity index (χ1) is 15.4. The van der Waals surface area contributed by atoms with Gasteiger partial charge in [-0.25, -0.2) is 9.59 Å². The number of piperazine rings is 1. The van der Waals surface area contributed by atoms with Crippen molar-refractivity contribution in [2.45, 2.75) is 22.3 Å². The van der Waals surface area contributed by atoms with Crippen LogP contribution in [0.5, 0.6) is 5.75 Å². The van der Waals surface area contributed by atoms with Crippen LogP contribution < -0.4 is 10.1 Å². The maximum Gasteiger partial charge on any atom is 0.328 e. The Bertz CT molecular complexity index is 992. The van der Waals surface area contributed by atoms with Gasteiger partial charge < -0.3 is 20.3 Å². The Hall–Kier alpha value is -2.52. The summed E-state index contributed by atoms with van der Waals surface area (Å²) in [5.41, 5.74) is 2.74. The van der Waals surface area contributed by atoms with E-state index in [4.69, 9.17) is 26.6 Å². The predicted octanol–water partition coefficient (Wildman–Crippen LogP) is 3.71. The topological polar surface area (TPSA) is 99.1 Å². The fraction of sp³-hybridized carbons (Fsp3) is 0.304. The molecule has 0 aliphatic carbocycles. The second kappa shape index (κ2) is 11.4. The van der Waals surface area contributed by atoms with Crippen molar-refractivity contribution < 1.29 is 24.5 Å². The van der Waals surface area contributed by atoms with Crippen LogP contribution in [0.15, 0.2) is 58.3 Å². The largest absolute Gasteiger partial charge is 0.497 e. The first kappa shape index (κ1) is 24.1. The Morgan fingerprint density at radius 1 is 1.09 bits per heavy atom. The lowest BCUT2D eigenvalue weighted by Crippen LogP contribution is -2.45. The van der Waals surface area contributed by atoms with Crippen molar-refractivity contribution in [3.8, 4) is 5.75 Å². The van der Waals surface area contributed by atoms with E-state index < -0.39 is 11.9 Å². The number of carbonyl (C=O) groups is 2. The van der Waals surface area contributed by atoms with Crippen molar-refractivity contribution >= 4 is 35.3 Å². The summed E-state index contributed by atoms with van der Waals surface area (Å²) in [6, 6.07) is 13.1. The fourth-order valence-electron chi connectivity index (χ4n) is 3.70. The molecule has 0 spiro atoms. The quantitative estimate of drug-likeness (QED) is 0.574. The smallest absolute Gasteiger partial charge is 0.328 e. The summed E-state index contributed by atoms with van der Waals surface area (Å²) in [5.74, 6) is -1.60. The summed E-state index contributed by atoms with van der Waals surface area (Å²) in [4.78, 5) is 24.3. The van der Waals surface area contributed by atoms with Gasteiger partial charge in [-0.05, 0) is 47.9 Å². The summed E-state index contributed by atoms with van der Waals surface area (Å²) in [6.45, 7) is 4.25. The number of rotatable bonds is 4. The van der Waals surface area contributed by atoms with Gasteiger partial charge in [0.05, 0.1) is 7.11 Å². The highest BCUT2D eigenvalue weighted by molar-refractivity contribution is 7.99. The number of ether oxygens (including phenoxy) is 1. The molecule has 1 atom stereocenters. The number of benzene rings is 2. The number of carboxylic acids is 2. The molecule has 4 rings (SSSR count). The van der Waals surface area contributed by atoms with E-state index in [-0.39, 0.29) is 0 Å². The number of nitrogens with one attached hydrogen (secondary N) is 1. The Morgan fingerprint density at radius 3 is 2.41 bits per heavy atom. The third-order valence-corrected chi connectivity index (χ3v) is 6.63. The number of fused-ring (bicyclic) bond motifs is 2. The highest BCUT2D eigenvalue weighted by Gasteiger charge is 2.28. The molecule has 0 saturated carbocycles. The normalized spacial score (nSPS) is 18.0. The molecule has 0 aromatic heterocycles. The summed E-state index contributed by atoms with van der Waals surface area (Å²) >= 11 is 8.16.